The van der Waals surface area contributed by atoms with Crippen LogP contribution in [-0.2, 0) is 13.0 Å². The number of pyridine rings is 1. The Morgan fingerprint density at radius 1 is 1.44 bits per heavy atom. The molecule has 0 saturated carbocycles. The number of hydrogen-bond donors (Lipinski definition) is 1. The van der Waals surface area contributed by atoms with Crippen LogP contribution in [0.4, 0.5) is 0 Å². The molecule has 0 amide bonds. The zero-order valence-corrected chi connectivity index (χ0v) is 11.5. The normalized spacial score (nSPS) is 18.6. The lowest BCUT2D eigenvalue weighted by Gasteiger charge is -2.24. The van der Waals surface area contributed by atoms with Crippen LogP contribution in [0.15, 0.2) is 29.8 Å². The third-order valence-electron chi connectivity index (χ3n) is 3.69. The van der Waals surface area contributed by atoms with E-state index in [-0.39, 0.29) is 0 Å². The van der Waals surface area contributed by atoms with Gasteiger partial charge in [0.15, 0.2) is 0 Å². The fraction of sp³-hybridized carbons (Fsp3) is 0.400. The van der Waals surface area contributed by atoms with E-state index in [4.69, 9.17) is 0 Å². The molecular formula is C15H18N2S. The summed E-state index contributed by atoms with van der Waals surface area (Å²) in [6.07, 6.45) is 5.68. The predicted octanol–water partition coefficient (Wildman–Crippen LogP) is 3.62. The molecule has 94 valence electrons. The monoisotopic (exact) mass is 258 g/mol. The summed E-state index contributed by atoms with van der Waals surface area (Å²) in [5.74, 6) is 0. The van der Waals surface area contributed by atoms with E-state index < -0.39 is 0 Å². The first kappa shape index (κ1) is 11.9. The summed E-state index contributed by atoms with van der Waals surface area (Å²) in [5.41, 5.74) is 3.95. The lowest BCUT2D eigenvalue weighted by atomic mass is 9.94. The third kappa shape index (κ3) is 2.33. The number of nitrogens with zero attached hydrogens (tertiary/aromatic N) is 1. The van der Waals surface area contributed by atoms with Gasteiger partial charge in [0, 0.05) is 23.7 Å². The molecule has 2 nitrogen and oxygen atoms in total. The molecule has 3 heteroatoms. The van der Waals surface area contributed by atoms with Gasteiger partial charge in [-0.25, -0.2) is 0 Å². The van der Waals surface area contributed by atoms with Crippen LogP contribution in [-0.4, -0.2) is 4.98 Å². The van der Waals surface area contributed by atoms with Crippen LogP contribution in [0.1, 0.15) is 40.6 Å². The largest absolute Gasteiger partial charge is 0.304 e. The van der Waals surface area contributed by atoms with E-state index in [1.807, 2.05) is 23.6 Å². The number of aryl methyl sites for hydroxylation is 2. The molecule has 0 aliphatic heterocycles. The van der Waals surface area contributed by atoms with Gasteiger partial charge in [-0.1, -0.05) is 6.07 Å². The summed E-state index contributed by atoms with van der Waals surface area (Å²) in [4.78, 5) is 6.01. The molecule has 1 aliphatic rings. The van der Waals surface area contributed by atoms with Crippen molar-refractivity contribution in [2.45, 2.75) is 38.8 Å². The second-order valence-corrected chi connectivity index (χ2v) is 5.89. The van der Waals surface area contributed by atoms with Crippen molar-refractivity contribution in [3.63, 3.8) is 0 Å². The average molecular weight is 258 g/mol. The van der Waals surface area contributed by atoms with Crippen molar-refractivity contribution < 1.29 is 0 Å². The molecule has 1 atom stereocenters. The molecule has 1 N–H and O–H groups in total. The smallest absolute Gasteiger partial charge is 0.0570 e. The average Bonchev–Trinajstić information content (AvgIpc) is 2.86. The van der Waals surface area contributed by atoms with Crippen molar-refractivity contribution in [2.24, 2.45) is 0 Å². The molecule has 2 aromatic rings. The summed E-state index contributed by atoms with van der Waals surface area (Å²) in [6.45, 7) is 2.99. The number of hydrogen-bond acceptors (Lipinski definition) is 3. The fourth-order valence-corrected chi connectivity index (χ4v) is 3.61. The molecule has 18 heavy (non-hydrogen) atoms. The Bertz CT molecular complexity index is 533. The molecular weight excluding hydrogens is 240 g/mol. The number of aromatic nitrogens is 1. The molecule has 2 heterocycles. The lowest BCUT2D eigenvalue weighted by molar-refractivity contribution is 0.459. The van der Waals surface area contributed by atoms with Crippen LogP contribution < -0.4 is 5.32 Å². The molecule has 0 bridgehead atoms. The minimum absolute atomic E-state index is 0.515. The van der Waals surface area contributed by atoms with Crippen LogP contribution in [0, 0.1) is 6.92 Å². The van der Waals surface area contributed by atoms with Gasteiger partial charge in [0.2, 0.25) is 0 Å². The van der Waals surface area contributed by atoms with Crippen LogP contribution in [0.25, 0.3) is 0 Å². The van der Waals surface area contributed by atoms with E-state index in [0.29, 0.717) is 6.04 Å². The van der Waals surface area contributed by atoms with Gasteiger partial charge >= 0.3 is 0 Å². The van der Waals surface area contributed by atoms with E-state index in [1.54, 1.807) is 4.88 Å². The first-order valence-electron chi connectivity index (χ1n) is 6.55. The SMILES string of the molecule is Cc1cccnc1CNC1CCCc2sccc21. The van der Waals surface area contributed by atoms with Crippen molar-refractivity contribution in [3.05, 3.63) is 51.5 Å². The molecule has 0 aromatic carbocycles. The fourth-order valence-electron chi connectivity index (χ4n) is 2.62. The number of fused-ring (bicyclic) bond motifs is 1. The zero-order valence-electron chi connectivity index (χ0n) is 10.6. The van der Waals surface area contributed by atoms with Crippen molar-refractivity contribution in [1.82, 2.24) is 10.3 Å². The maximum Gasteiger partial charge on any atom is 0.0570 e. The molecule has 2 aromatic heterocycles. The summed E-state index contributed by atoms with van der Waals surface area (Å²) in [6, 6.07) is 6.92. The maximum atomic E-state index is 4.45. The summed E-state index contributed by atoms with van der Waals surface area (Å²) < 4.78 is 0. The van der Waals surface area contributed by atoms with Crippen LogP contribution in [0.2, 0.25) is 0 Å². The minimum Gasteiger partial charge on any atom is -0.304 e. The highest BCUT2D eigenvalue weighted by Crippen LogP contribution is 2.33. The highest BCUT2D eigenvalue weighted by molar-refractivity contribution is 7.10. The Balaban J connectivity index is 1.71. The Labute approximate surface area is 112 Å². The quantitative estimate of drug-likeness (QED) is 0.909. The van der Waals surface area contributed by atoms with Gasteiger partial charge in [-0.15, -0.1) is 11.3 Å². The number of rotatable bonds is 3. The summed E-state index contributed by atoms with van der Waals surface area (Å²) >= 11 is 1.90. The first-order chi connectivity index (χ1) is 8.84. The second-order valence-electron chi connectivity index (χ2n) is 4.89. The molecule has 1 aliphatic carbocycles. The molecule has 0 fully saturated rings. The molecule has 1 unspecified atom stereocenters. The topological polar surface area (TPSA) is 24.9 Å². The van der Waals surface area contributed by atoms with E-state index >= 15 is 0 Å². The van der Waals surface area contributed by atoms with E-state index in [9.17, 15) is 0 Å². The molecule has 3 rings (SSSR count). The van der Waals surface area contributed by atoms with Gasteiger partial charge in [-0.05, 0) is 54.8 Å². The first-order valence-corrected chi connectivity index (χ1v) is 7.42. The van der Waals surface area contributed by atoms with Crippen molar-refractivity contribution >= 4 is 11.3 Å². The van der Waals surface area contributed by atoms with Crippen LogP contribution in [0.5, 0.6) is 0 Å². The number of thiophene rings is 1. The molecule has 0 spiro atoms. The predicted molar refractivity (Wildman–Crippen MR) is 75.8 cm³/mol. The van der Waals surface area contributed by atoms with Crippen molar-refractivity contribution in [1.29, 1.82) is 0 Å². The van der Waals surface area contributed by atoms with Crippen molar-refractivity contribution in [3.8, 4) is 0 Å². The van der Waals surface area contributed by atoms with Gasteiger partial charge < -0.3 is 5.32 Å². The van der Waals surface area contributed by atoms with Crippen molar-refractivity contribution in [2.75, 3.05) is 0 Å². The summed E-state index contributed by atoms with van der Waals surface area (Å²) in [5, 5.41) is 5.88. The van der Waals surface area contributed by atoms with Crippen LogP contribution >= 0.6 is 11.3 Å². The van der Waals surface area contributed by atoms with Gasteiger partial charge in [0.05, 0.1) is 5.69 Å². The molecule has 0 saturated heterocycles. The van der Waals surface area contributed by atoms with Gasteiger partial charge in [0.1, 0.15) is 0 Å². The zero-order chi connectivity index (χ0) is 12.4. The lowest BCUT2D eigenvalue weighted by Crippen LogP contribution is -2.24. The second kappa shape index (κ2) is 5.21. The molecule has 0 radical (unpaired) electrons. The highest BCUT2D eigenvalue weighted by atomic mass is 32.1. The number of nitrogens with one attached hydrogen (secondary N) is 1. The van der Waals surface area contributed by atoms with E-state index in [1.165, 1.54) is 36.1 Å². The standard InChI is InChI=1S/C15H18N2S/c1-11-4-3-8-16-14(11)10-17-13-5-2-6-15-12(13)7-9-18-15/h3-4,7-9,13,17H,2,5-6,10H2,1H3. The Hall–Kier alpha value is -1.19. The Morgan fingerprint density at radius 2 is 2.39 bits per heavy atom. The van der Waals surface area contributed by atoms with Gasteiger partial charge in [-0.2, -0.15) is 0 Å². The van der Waals surface area contributed by atoms with E-state index in [0.717, 1.165) is 6.54 Å². The Kier molecular flexibility index (Phi) is 3.43. The Morgan fingerprint density at radius 3 is 3.28 bits per heavy atom. The van der Waals surface area contributed by atoms with Crippen LogP contribution in [0.3, 0.4) is 0 Å². The van der Waals surface area contributed by atoms with Gasteiger partial charge in [0.25, 0.3) is 0 Å². The van der Waals surface area contributed by atoms with E-state index in [2.05, 4.69) is 34.7 Å². The third-order valence-corrected chi connectivity index (χ3v) is 4.68. The minimum atomic E-state index is 0.515. The summed E-state index contributed by atoms with van der Waals surface area (Å²) in [7, 11) is 0. The van der Waals surface area contributed by atoms with Gasteiger partial charge in [-0.3, -0.25) is 4.98 Å². The maximum absolute atomic E-state index is 4.45. The highest BCUT2D eigenvalue weighted by Gasteiger charge is 2.20.